The Balaban J connectivity index is 1.80. The normalized spacial score (nSPS) is 11.6. The number of hydrogen-bond acceptors (Lipinski definition) is 3. The van der Waals surface area contributed by atoms with E-state index in [0.29, 0.717) is 12.2 Å². The third kappa shape index (κ3) is 7.45. The van der Waals surface area contributed by atoms with Gasteiger partial charge in [-0.2, -0.15) is 0 Å². The van der Waals surface area contributed by atoms with Gasteiger partial charge in [0, 0.05) is 25.8 Å². The monoisotopic (exact) mass is 478 g/mol. The number of carbonyl (C=O) groups excluding carboxylic acids is 2. The minimum Gasteiger partial charge on any atom is -0.357 e. The van der Waals surface area contributed by atoms with Crippen LogP contribution in [0.1, 0.15) is 27.8 Å². The average Bonchev–Trinajstić information content (AvgIpc) is 2.82. The molecule has 6 heteroatoms. The smallest absolute Gasteiger partial charge is 0.242 e. The third-order valence-corrected chi connectivity index (χ3v) is 6.55. The summed E-state index contributed by atoms with van der Waals surface area (Å²) < 4.78 is 13.4. The van der Waals surface area contributed by atoms with Gasteiger partial charge in [0.05, 0.1) is 5.75 Å². The lowest BCUT2D eigenvalue weighted by molar-refractivity contribution is -0.139. The van der Waals surface area contributed by atoms with Crippen molar-refractivity contribution in [3.05, 3.63) is 106 Å². The number of rotatable bonds is 10. The quantitative estimate of drug-likeness (QED) is 0.443. The number of benzene rings is 3. The molecule has 0 radical (unpaired) electrons. The summed E-state index contributed by atoms with van der Waals surface area (Å²) in [7, 11) is 1.58. The highest BCUT2D eigenvalue weighted by Gasteiger charge is 2.29. The second-order valence-corrected chi connectivity index (χ2v) is 9.44. The molecule has 3 aromatic rings. The molecular formula is C28H31FN2O2S. The fraction of sp³-hybridized carbons (Fsp3) is 0.286. The number of carbonyl (C=O) groups is 2. The Bertz CT molecular complexity index is 1080. The molecule has 0 fully saturated rings. The lowest BCUT2D eigenvalue weighted by atomic mass is 10.0. The van der Waals surface area contributed by atoms with Crippen LogP contribution in [0.25, 0.3) is 0 Å². The summed E-state index contributed by atoms with van der Waals surface area (Å²) in [4.78, 5) is 28.0. The number of nitrogens with zero attached hydrogens (tertiary/aromatic N) is 1. The van der Waals surface area contributed by atoms with Crippen molar-refractivity contribution in [2.45, 2.75) is 38.6 Å². The number of hydrogen-bond donors (Lipinski definition) is 1. The zero-order valence-corrected chi connectivity index (χ0v) is 20.7. The van der Waals surface area contributed by atoms with Crippen LogP contribution in [0.4, 0.5) is 4.39 Å². The topological polar surface area (TPSA) is 49.4 Å². The first-order valence-electron chi connectivity index (χ1n) is 11.3. The minimum atomic E-state index is -0.674. The van der Waals surface area contributed by atoms with Gasteiger partial charge < -0.3 is 10.2 Å². The average molecular weight is 479 g/mol. The molecule has 34 heavy (non-hydrogen) atoms. The van der Waals surface area contributed by atoms with Gasteiger partial charge in [-0.3, -0.25) is 9.59 Å². The summed E-state index contributed by atoms with van der Waals surface area (Å²) in [5.41, 5.74) is 5.31. The van der Waals surface area contributed by atoms with Crippen molar-refractivity contribution >= 4 is 23.6 Å². The highest BCUT2D eigenvalue weighted by molar-refractivity contribution is 7.99. The predicted octanol–water partition coefficient (Wildman–Crippen LogP) is 5.06. The zero-order valence-electron chi connectivity index (χ0n) is 19.9. The SMILES string of the molecule is CNC(=O)[C@H](Cc1ccccc1)N(Cc1ccc(F)cc1)C(=O)CSCc1cc(C)cc(C)c1. The molecular weight excluding hydrogens is 447 g/mol. The molecule has 1 N–H and O–H groups in total. The molecule has 0 saturated heterocycles. The van der Waals surface area contributed by atoms with Crippen LogP contribution in [0.5, 0.6) is 0 Å². The minimum absolute atomic E-state index is 0.122. The molecule has 0 saturated carbocycles. The molecule has 3 aromatic carbocycles. The molecule has 4 nitrogen and oxygen atoms in total. The van der Waals surface area contributed by atoms with Crippen molar-refractivity contribution < 1.29 is 14.0 Å². The van der Waals surface area contributed by atoms with Crippen molar-refractivity contribution in [1.29, 1.82) is 0 Å². The van der Waals surface area contributed by atoms with Crippen LogP contribution in [0.3, 0.4) is 0 Å². The summed E-state index contributed by atoms with van der Waals surface area (Å²) in [5.74, 6) is 0.276. The number of aryl methyl sites for hydroxylation is 2. The van der Waals surface area contributed by atoms with Crippen LogP contribution >= 0.6 is 11.8 Å². The van der Waals surface area contributed by atoms with Crippen LogP contribution in [0, 0.1) is 19.7 Å². The predicted molar refractivity (Wildman–Crippen MR) is 137 cm³/mol. The second kappa shape index (κ2) is 12.4. The van der Waals surface area contributed by atoms with Crippen molar-refractivity contribution in [3.63, 3.8) is 0 Å². The Morgan fingerprint density at radius 2 is 1.56 bits per heavy atom. The van der Waals surface area contributed by atoms with Crippen LogP contribution in [-0.4, -0.2) is 35.6 Å². The first-order valence-corrected chi connectivity index (χ1v) is 12.5. The molecule has 0 aliphatic heterocycles. The van der Waals surface area contributed by atoms with Crippen LogP contribution < -0.4 is 5.32 Å². The molecule has 0 unspecified atom stereocenters. The Kier molecular flexibility index (Phi) is 9.28. The van der Waals surface area contributed by atoms with E-state index in [9.17, 15) is 14.0 Å². The van der Waals surface area contributed by atoms with Gasteiger partial charge in [-0.25, -0.2) is 4.39 Å². The van der Waals surface area contributed by atoms with Gasteiger partial charge in [0.2, 0.25) is 11.8 Å². The molecule has 0 bridgehead atoms. The summed E-state index contributed by atoms with van der Waals surface area (Å²) in [5, 5.41) is 2.71. The third-order valence-electron chi connectivity index (χ3n) is 5.56. The van der Waals surface area contributed by atoms with Crippen molar-refractivity contribution in [1.82, 2.24) is 10.2 Å². The number of likely N-dealkylation sites (N-methyl/N-ethyl adjacent to an activating group) is 1. The summed E-state index contributed by atoms with van der Waals surface area (Å²) in [6.07, 6.45) is 0.398. The van der Waals surface area contributed by atoms with E-state index in [0.717, 1.165) is 11.1 Å². The van der Waals surface area contributed by atoms with Gasteiger partial charge in [0.1, 0.15) is 11.9 Å². The van der Waals surface area contributed by atoms with Gasteiger partial charge >= 0.3 is 0 Å². The number of amides is 2. The zero-order chi connectivity index (χ0) is 24.5. The highest BCUT2D eigenvalue weighted by Crippen LogP contribution is 2.20. The van der Waals surface area contributed by atoms with E-state index in [1.54, 1.807) is 24.1 Å². The highest BCUT2D eigenvalue weighted by atomic mass is 32.2. The fourth-order valence-electron chi connectivity index (χ4n) is 4.00. The molecule has 2 amide bonds. The van der Waals surface area contributed by atoms with Gasteiger partial charge in [-0.1, -0.05) is 71.8 Å². The van der Waals surface area contributed by atoms with E-state index in [4.69, 9.17) is 0 Å². The summed E-state index contributed by atoms with van der Waals surface area (Å²) in [6, 6.07) is 21.4. The molecule has 0 aliphatic rings. The Hall–Kier alpha value is -3.12. The van der Waals surface area contributed by atoms with E-state index in [1.807, 2.05) is 30.3 Å². The Morgan fingerprint density at radius 1 is 0.912 bits per heavy atom. The van der Waals surface area contributed by atoms with E-state index in [1.165, 1.54) is 40.6 Å². The maximum Gasteiger partial charge on any atom is 0.242 e. The summed E-state index contributed by atoms with van der Waals surface area (Å²) in [6.45, 7) is 4.36. The van der Waals surface area contributed by atoms with Gasteiger partial charge in [-0.15, -0.1) is 11.8 Å². The van der Waals surface area contributed by atoms with Crippen LogP contribution in [0.15, 0.2) is 72.8 Å². The van der Waals surface area contributed by atoms with Crippen molar-refractivity contribution in [3.8, 4) is 0 Å². The van der Waals surface area contributed by atoms with Crippen molar-refractivity contribution in [2.75, 3.05) is 12.8 Å². The first-order chi connectivity index (χ1) is 16.4. The molecule has 0 aromatic heterocycles. The van der Waals surface area contributed by atoms with Crippen molar-refractivity contribution in [2.24, 2.45) is 0 Å². The first kappa shape index (κ1) is 25.5. The fourth-order valence-corrected chi connectivity index (χ4v) is 4.84. The lowest BCUT2D eigenvalue weighted by Crippen LogP contribution is -2.50. The largest absolute Gasteiger partial charge is 0.357 e. The molecule has 0 heterocycles. The molecule has 0 spiro atoms. The molecule has 1 atom stereocenters. The van der Waals surface area contributed by atoms with E-state index in [-0.39, 0.29) is 29.9 Å². The number of thioether (sulfide) groups is 1. The lowest BCUT2D eigenvalue weighted by Gasteiger charge is -2.31. The molecule has 0 aliphatic carbocycles. The van der Waals surface area contributed by atoms with Gasteiger partial charge in [-0.05, 0) is 42.7 Å². The summed E-state index contributed by atoms with van der Waals surface area (Å²) >= 11 is 1.53. The van der Waals surface area contributed by atoms with E-state index >= 15 is 0 Å². The Labute approximate surface area is 205 Å². The van der Waals surface area contributed by atoms with E-state index < -0.39 is 6.04 Å². The van der Waals surface area contributed by atoms with Gasteiger partial charge in [0.25, 0.3) is 0 Å². The number of halogens is 1. The maximum atomic E-state index is 13.4. The second-order valence-electron chi connectivity index (χ2n) is 8.46. The van der Waals surface area contributed by atoms with Crippen LogP contribution in [0.2, 0.25) is 0 Å². The Morgan fingerprint density at radius 3 is 2.18 bits per heavy atom. The van der Waals surface area contributed by atoms with Gasteiger partial charge in [0.15, 0.2) is 0 Å². The number of nitrogens with one attached hydrogen (secondary N) is 1. The van der Waals surface area contributed by atoms with E-state index in [2.05, 4.69) is 37.4 Å². The standard InChI is InChI=1S/C28H31FN2O2S/c1-20-13-21(2)15-24(14-20)18-34-19-27(32)31(17-23-9-11-25(29)12-10-23)26(28(33)30-3)16-22-7-5-4-6-8-22/h4-15,26H,16-19H2,1-3H3,(H,30,33)/t26-/m0/s1. The molecule has 178 valence electrons. The maximum absolute atomic E-state index is 13.4. The van der Waals surface area contributed by atoms with Crippen LogP contribution in [-0.2, 0) is 28.3 Å². The molecule has 3 rings (SSSR count).